The lowest BCUT2D eigenvalue weighted by Crippen LogP contribution is -2.25. The van der Waals surface area contributed by atoms with E-state index in [2.05, 4.69) is 4.98 Å². The van der Waals surface area contributed by atoms with Crippen LogP contribution in [0.2, 0.25) is 0 Å². The molecule has 114 valence electrons. The monoisotopic (exact) mass is 348 g/mol. The largest absolute Gasteiger partial charge is 0.293 e. The first-order valence-electron chi connectivity index (χ1n) is 6.59. The summed E-state index contributed by atoms with van der Waals surface area (Å²) in [7, 11) is 1.62. The van der Waals surface area contributed by atoms with E-state index in [9.17, 15) is 18.0 Å². The Morgan fingerprint density at radius 3 is 2.76 bits per heavy atom. The van der Waals surface area contributed by atoms with Crippen LogP contribution < -0.4 is 4.90 Å². The molecule has 0 aromatic carbocycles. The van der Waals surface area contributed by atoms with Crippen LogP contribution >= 0.6 is 22.0 Å². The third-order valence-corrected chi connectivity index (χ3v) is 6.04. The van der Waals surface area contributed by atoms with Crippen molar-refractivity contribution in [3.8, 4) is 0 Å². The minimum Gasteiger partial charge on any atom is -0.293 e. The molecule has 6 nitrogen and oxygen atoms in total. The van der Waals surface area contributed by atoms with Crippen molar-refractivity contribution < 1.29 is 18.0 Å². The third-order valence-electron chi connectivity index (χ3n) is 3.63. The highest BCUT2D eigenvalue weighted by atomic mass is 35.7. The fraction of sp³-hybridized carbons (Fsp3) is 0.583. The van der Waals surface area contributed by atoms with Gasteiger partial charge in [-0.05, 0) is 12.8 Å². The summed E-state index contributed by atoms with van der Waals surface area (Å²) in [6.07, 6.45) is 2.20. The van der Waals surface area contributed by atoms with E-state index in [0.717, 1.165) is 18.5 Å². The van der Waals surface area contributed by atoms with Crippen molar-refractivity contribution in [1.29, 1.82) is 0 Å². The molecule has 0 radical (unpaired) electrons. The predicted molar refractivity (Wildman–Crippen MR) is 79.5 cm³/mol. The minimum atomic E-state index is -3.63. The lowest BCUT2D eigenvalue weighted by atomic mass is 10.0. The van der Waals surface area contributed by atoms with Gasteiger partial charge < -0.3 is 0 Å². The molecule has 0 saturated carbocycles. The molecular formula is C12H13ClN2O4S2. The van der Waals surface area contributed by atoms with Crippen molar-refractivity contribution >= 4 is 47.9 Å². The van der Waals surface area contributed by atoms with Crippen LogP contribution in [-0.2, 0) is 20.3 Å². The van der Waals surface area contributed by atoms with Crippen molar-refractivity contribution in [2.45, 2.75) is 25.7 Å². The predicted octanol–water partition coefficient (Wildman–Crippen LogP) is 1.58. The highest BCUT2D eigenvalue weighted by molar-refractivity contribution is 8.13. The Hall–Kier alpha value is -0.990. The Labute approximate surface area is 130 Å². The summed E-state index contributed by atoms with van der Waals surface area (Å²) in [6, 6.07) is 0. The fourth-order valence-corrected chi connectivity index (χ4v) is 5.16. The van der Waals surface area contributed by atoms with E-state index in [1.807, 2.05) is 0 Å². The first-order chi connectivity index (χ1) is 9.83. The van der Waals surface area contributed by atoms with Gasteiger partial charge in [0.05, 0.1) is 16.3 Å². The van der Waals surface area contributed by atoms with Gasteiger partial charge in [0, 0.05) is 36.0 Å². The summed E-state index contributed by atoms with van der Waals surface area (Å²) >= 11 is 1.23. The molecule has 1 aliphatic heterocycles. The number of ketones is 1. The van der Waals surface area contributed by atoms with Gasteiger partial charge in [-0.25, -0.2) is 13.4 Å². The Morgan fingerprint density at radius 2 is 2.10 bits per heavy atom. The zero-order valence-corrected chi connectivity index (χ0v) is 13.4. The molecule has 1 aromatic rings. The molecule has 2 aliphatic rings. The van der Waals surface area contributed by atoms with E-state index in [-0.39, 0.29) is 36.3 Å². The number of fused-ring (bicyclic) bond motifs is 1. The van der Waals surface area contributed by atoms with Crippen LogP contribution in [0.4, 0.5) is 5.13 Å². The zero-order valence-electron chi connectivity index (χ0n) is 11.0. The molecule has 0 N–H and O–H groups in total. The molecule has 3 rings (SSSR count). The molecule has 9 heteroatoms. The van der Waals surface area contributed by atoms with E-state index in [1.54, 1.807) is 0 Å². The van der Waals surface area contributed by atoms with Crippen LogP contribution in [0, 0.1) is 5.92 Å². The highest BCUT2D eigenvalue weighted by Gasteiger charge is 2.36. The minimum absolute atomic E-state index is 0.0755. The number of aromatic nitrogens is 1. The fourth-order valence-electron chi connectivity index (χ4n) is 2.73. The molecule has 1 saturated heterocycles. The molecule has 1 aromatic heterocycles. The summed E-state index contributed by atoms with van der Waals surface area (Å²) in [4.78, 5) is 30.3. The van der Waals surface area contributed by atoms with Crippen LogP contribution in [0.1, 0.15) is 34.6 Å². The molecule has 1 fully saturated rings. The van der Waals surface area contributed by atoms with Gasteiger partial charge in [0.1, 0.15) is 0 Å². The number of halogens is 1. The smallest absolute Gasteiger partial charge is 0.232 e. The number of rotatable bonds is 3. The molecule has 1 atom stereocenters. The van der Waals surface area contributed by atoms with E-state index >= 15 is 0 Å². The number of Topliss-reactive ketones (excluding diaryl/α,β-unsaturated/α-hetero) is 1. The maximum absolute atomic E-state index is 12.0. The number of carbonyl (C=O) groups is 2. The summed E-state index contributed by atoms with van der Waals surface area (Å²) in [5.74, 6) is -0.636. The van der Waals surface area contributed by atoms with Gasteiger partial charge in [0.25, 0.3) is 0 Å². The van der Waals surface area contributed by atoms with E-state index in [1.165, 1.54) is 16.2 Å². The SMILES string of the molecule is O=C1CCCc2nc(N3CC(CS(=O)(=O)Cl)CC3=O)sc21. The second-order valence-corrected chi connectivity index (χ2v) is 9.13. The number of hydrogen-bond acceptors (Lipinski definition) is 6. The average Bonchev–Trinajstić information content (AvgIpc) is 2.91. The molecule has 0 spiro atoms. The number of carbonyl (C=O) groups excluding carboxylic acids is 2. The number of aryl methyl sites for hydroxylation is 1. The van der Waals surface area contributed by atoms with Crippen molar-refractivity contribution in [1.82, 2.24) is 4.98 Å². The standard InChI is InChI=1S/C12H13ClN2O4S2/c13-21(18,19)6-7-4-10(17)15(5-7)12-14-8-2-1-3-9(16)11(8)20-12/h7H,1-6H2. The molecule has 0 bridgehead atoms. The van der Waals surface area contributed by atoms with Gasteiger partial charge in [-0.3, -0.25) is 14.5 Å². The maximum atomic E-state index is 12.0. The van der Waals surface area contributed by atoms with Crippen molar-refractivity contribution in [2.24, 2.45) is 5.92 Å². The number of anilines is 1. The van der Waals surface area contributed by atoms with Gasteiger partial charge >= 0.3 is 0 Å². The summed E-state index contributed by atoms with van der Waals surface area (Å²) in [5, 5.41) is 0.495. The quantitative estimate of drug-likeness (QED) is 0.774. The van der Waals surface area contributed by atoms with Gasteiger partial charge in [-0.2, -0.15) is 0 Å². The Morgan fingerprint density at radius 1 is 1.33 bits per heavy atom. The first-order valence-corrected chi connectivity index (χ1v) is 9.88. The van der Waals surface area contributed by atoms with Gasteiger partial charge in [-0.15, -0.1) is 0 Å². The van der Waals surface area contributed by atoms with Crippen LogP contribution in [0.3, 0.4) is 0 Å². The second-order valence-electron chi connectivity index (χ2n) is 5.33. The van der Waals surface area contributed by atoms with Crippen LogP contribution in [0.15, 0.2) is 0 Å². The van der Waals surface area contributed by atoms with Gasteiger partial charge in [0.15, 0.2) is 10.9 Å². The second kappa shape index (κ2) is 5.33. The number of nitrogens with zero attached hydrogens (tertiary/aromatic N) is 2. The van der Waals surface area contributed by atoms with Crippen LogP contribution in [0.25, 0.3) is 0 Å². The molecular weight excluding hydrogens is 336 g/mol. The zero-order chi connectivity index (χ0) is 15.2. The molecule has 1 amide bonds. The normalized spacial score (nSPS) is 22.7. The van der Waals surface area contributed by atoms with Crippen molar-refractivity contribution in [3.05, 3.63) is 10.6 Å². The van der Waals surface area contributed by atoms with Crippen molar-refractivity contribution in [3.63, 3.8) is 0 Å². The number of amides is 1. The first kappa shape index (κ1) is 14.9. The highest BCUT2D eigenvalue weighted by Crippen LogP contribution is 2.35. The molecule has 2 heterocycles. The average molecular weight is 349 g/mol. The Balaban J connectivity index is 1.82. The van der Waals surface area contributed by atoms with Gasteiger partial charge in [-0.1, -0.05) is 11.3 Å². The van der Waals surface area contributed by atoms with E-state index in [0.29, 0.717) is 16.4 Å². The summed E-state index contributed by atoms with van der Waals surface area (Å²) in [5.41, 5.74) is 0.757. The lowest BCUT2D eigenvalue weighted by Gasteiger charge is -2.12. The summed E-state index contributed by atoms with van der Waals surface area (Å²) < 4.78 is 22.2. The summed E-state index contributed by atoms with van der Waals surface area (Å²) in [6.45, 7) is 0.283. The van der Waals surface area contributed by atoms with Crippen LogP contribution in [-0.4, -0.2) is 37.4 Å². The Kier molecular flexibility index (Phi) is 3.79. The van der Waals surface area contributed by atoms with E-state index < -0.39 is 9.05 Å². The number of thiazole rings is 1. The maximum Gasteiger partial charge on any atom is 0.232 e. The van der Waals surface area contributed by atoms with Gasteiger partial charge in [0.2, 0.25) is 15.0 Å². The third kappa shape index (κ3) is 3.12. The molecule has 1 aliphatic carbocycles. The molecule has 21 heavy (non-hydrogen) atoms. The van der Waals surface area contributed by atoms with E-state index in [4.69, 9.17) is 10.7 Å². The van der Waals surface area contributed by atoms with Crippen LogP contribution in [0.5, 0.6) is 0 Å². The molecule has 1 unspecified atom stereocenters. The Bertz CT molecular complexity index is 713. The topological polar surface area (TPSA) is 84.4 Å². The number of hydrogen-bond donors (Lipinski definition) is 0. The van der Waals surface area contributed by atoms with Crippen molar-refractivity contribution in [2.75, 3.05) is 17.2 Å². The lowest BCUT2D eigenvalue weighted by molar-refractivity contribution is -0.117.